The molecule has 4 heteroatoms. The monoisotopic (exact) mass is 277 g/mol. The number of carbonyl (C=O) groups is 1. The third-order valence-electron chi connectivity index (χ3n) is 3.70. The molecular formula is C16H23NO3. The van der Waals surface area contributed by atoms with Crippen LogP contribution in [0.5, 0.6) is 5.75 Å². The zero-order chi connectivity index (χ0) is 14.5. The first-order valence-electron chi connectivity index (χ1n) is 7.19. The highest BCUT2D eigenvalue weighted by Gasteiger charge is 2.29. The van der Waals surface area contributed by atoms with Crippen LogP contribution < -0.4 is 10.1 Å². The first kappa shape index (κ1) is 14.9. The van der Waals surface area contributed by atoms with E-state index in [0.717, 1.165) is 25.1 Å². The summed E-state index contributed by atoms with van der Waals surface area (Å²) in [5, 5.41) is 12.1. The minimum absolute atomic E-state index is 0.303. The lowest BCUT2D eigenvalue weighted by molar-refractivity contribution is -0.138. The van der Waals surface area contributed by atoms with Gasteiger partial charge in [-0.05, 0) is 55.9 Å². The number of carboxylic acid groups (broad SMARTS) is 1. The molecule has 110 valence electrons. The molecule has 0 radical (unpaired) electrons. The van der Waals surface area contributed by atoms with Crippen LogP contribution in [0.4, 0.5) is 0 Å². The summed E-state index contributed by atoms with van der Waals surface area (Å²) in [6.45, 7) is 5.57. The Morgan fingerprint density at radius 2 is 1.95 bits per heavy atom. The highest BCUT2D eigenvalue weighted by Crippen LogP contribution is 2.30. The van der Waals surface area contributed by atoms with Gasteiger partial charge in [0.25, 0.3) is 0 Å². The van der Waals surface area contributed by atoms with E-state index in [0.29, 0.717) is 25.0 Å². The Kier molecular flexibility index (Phi) is 5.01. The van der Waals surface area contributed by atoms with E-state index in [2.05, 4.69) is 25.2 Å². The van der Waals surface area contributed by atoms with E-state index < -0.39 is 5.97 Å². The fourth-order valence-corrected chi connectivity index (χ4v) is 2.76. The normalized spacial score (nSPS) is 21.3. The SMILES string of the molecule is Cc1cc(C)cc(OCCNC2CC(CC(=O)O)C2)c1. The quantitative estimate of drug-likeness (QED) is 0.752. The maximum atomic E-state index is 10.5. The van der Waals surface area contributed by atoms with Gasteiger partial charge in [0.2, 0.25) is 0 Å². The lowest BCUT2D eigenvalue weighted by Gasteiger charge is -2.35. The van der Waals surface area contributed by atoms with Crippen molar-refractivity contribution in [3.8, 4) is 5.75 Å². The molecule has 4 nitrogen and oxygen atoms in total. The van der Waals surface area contributed by atoms with E-state index in [4.69, 9.17) is 9.84 Å². The van der Waals surface area contributed by atoms with Crippen molar-refractivity contribution in [2.45, 2.75) is 39.2 Å². The Morgan fingerprint density at radius 1 is 1.30 bits per heavy atom. The van der Waals surface area contributed by atoms with Gasteiger partial charge in [-0.2, -0.15) is 0 Å². The van der Waals surface area contributed by atoms with Crippen molar-refractivity contribution in [1.82, 2.24) is 5.32 Å². The fourth-order valence-electron chi connectivity index (χ4n) is 2.76. The standard InChI is InChI=1S/C16H23NO3/c1-11-5-12(2)7-15(6-11)20-4-3-17-14-8-13(9-14)10-16(18)19/h5-7,13-14,17H,3-4,8-10H2,1-2H3,(H,18,19). The van der Waals surface area contributed by atoms with Crippen molar-refractivity contribution >= 4 is 5.97 Å². The maximum absolute atomic E-state index is 10.5. The van der Waals surface area contributed by atoms with Crippen LogP contribution in [0.1, 0.15) is 30.4 Å². The van der Waals surface area contributed by atoms with Crippen LogP contribution >= 0.6 is 0 Å². The molecule has 1 aliphatic rings. The van der Waals surface area contributed by atoms with Crippen LogP contribution in [0, 0.1) is 19.8 Å². The number of hydrogen-bond acceptors (Lipinski definition) is 3. The van der Waals surface area contributed by atoms with Crippen LogP contribution in [0.25, 0.3) is 0 Å². The van der Waals surface area contributed by atoms with Crippen molar-refractivity contribution in [2.75, 3.05) is 13.2 Å². The van der Waals surface area contributed by atoms with Gasteiger partial charge in [-0.1, -0.05) is 6.07 Å². The van der Waals surface area contributed by atoms with E-state index in [-0.39, 0.29) is 0 Å². The summed E-state index contributed by atoms with van der Waals surface area (Å²) in [6, 6.07) is 6.67. The van der Waals surface area contributed by atoms with Crippen LogP contribution in [0.15, 0.2) is 18.2 Å². The summed E-state index contributed by atoms with van der Waals surface area (Å²) < 4.78 is 5.72. The molecule has 0 spiro atoms. The van der Waals surface area contributed by atoms with E-state index in [1.165, 1.54) is 11.1 Å². The molecule has 0 bridgehead atoms. The predicted octanol–water partition coefficient (Wildman–Crippen LogP) is 2.53. The van der Waals surface area contributed by atoms with Gasteiger partial charge in [-0.15, -0.1) is 0 Å². The number of aryl methyl sites for hydroxylation is 2. The summed E-state index contributed by atoms with van der Waals surface area (Å²) >= 11 is 0. The molecule has 1 saturated carbocycles. The first-order chi connectivity index (χ1) is 9.52. The summed E-state index contributed by atoms with van der Waals surface area (Å²) in [7, 11) is 0. The third kappa shape index (κ3) is 4.53. The molecule has 0 unspecified atom stereocenters. The summed E-state index contributed by atoms with van der Waals surface area (Å²) in [5.74, 6) is 0.582. The minimum Gasteiger partial charge on any atom is -0.492 e. The highest BCUT2D eigenvalue weighted by molar-refractivity contribution is 5.67. The van der Waals surface area contributed by atoms with Gasteiger partial charge in [-0.25, -0.2) is 0 Å². The molecule has 1 fully saturated rings. The number of benzene rings is 1. The van der Waals surface area contributed by atoms with Crippen LogP contribution in [0.3, 0.4) is 0 Å². The predicted molar refractivity (Wildman–Crippen MR) is 78.2 cm³/mol. The Bertz CT molecular complexity index is 447. The van der Waals surface area contributed by atoms with Gasteiger partial charge in [0.05, 0.1) is 0 Å². The van der Waals surface area contributed by atoms with Gasteiger partial charge in [-0.3, -0.25) is 4.79 Å². The average molecular weight is 277 g/mol. The molecule has 20 heavy (non-hydrogen) atoms. The zero-order valence-corrected chi connectivity index (χ0v) is 12.2. The average Bonchev–Trinajstić information content (AvgIpc) is 2.29. The smallest absolute Gasteiger partial charge is 0.303 e. The lowest BCUT2D eigenvalue weighted by atomic mass is 9.78. The van der Waals surface area contributed by atoms with E-state index in [9.17, 15) is 4.79 Å². The van der Waals surface area contributed by atoms with Crippen molar-refractivity contribution in [1.29, 1.82) is 0 Å². The number of nitrogens with one attached hydrogen (secondary N) is 1. The fraction of sp³-hybridized carbons (Fsp3) is 0.562. The lowest BCUT2D eigenvalue weighted by Crippen LogP contribution is -2.43. The van der Waals surface area contributed by atoms with Crippen molar-refractivity contribution in [2.24, 2.45) is 5.92 Å². The summed E-state index contributed by atoms with van der Waals surface area (Å²) in [6.07, 6.45) is 2.24. The molecule has 1 aromatic rings. The van der Waals surface area contributed by atoms with Crippen LogP contribution in [-0.4, -0.2) is 30.3 Å². The molecule has 0 aliphatic heterocycles. The molecular weight excluding hydrogens is 254 g/mol. The molecule has 2 N–H and O–H groups in total. The summed E-state index contributed by atoms with van der Waals surface area (Å²) in [5.41, 5.74) is 2.42. The molecule has 0 atom stereocenters. The largest absolute Gasteiger partial charge is 0.492 e. The zero-order valence-electron chi connectivity index (χ0n) is 12.2. The molecule has 0 amide bonds. The highest BCUT2D eigenvalue weighted by atomic mass is 16.5. The Hall–Kier alpha value is -1.55. The van der Waals surface area contributed by atoms with E-state index in [1.54, 1.807) is 0 Å². The van der Waals surface area contributed by atoms with Gasteiger partial charge in [0, 0.05) is 19.0 Å². The molecule has 0 aromatic heterocycles. The number of aliphatic carboxylic acids is 1. The van der Waals surface area contributed by atoms with Crippen molar-refractivity contribution in [3.63, 3.8) is 0 Å². The van der Waals surface area contributed by atoms with Gasteiger partial charge in [0.15, 0.2) is 0 Å². The van der Waals surface area contributed by atoms with Gasteiger partial charge >= 0.3 is 5.97 Å². The second-order valence-corrected chi connectivity index (χ2v) is 5.76. The van der Waals surface area contributed by atoms with E-state index >= 15 is 0 Å². The number of rotatable bonds is 7. The van der Waals surface area contributed by atoms with Crippen molar-refractivity contribution in [3.05, 3.63) is 29.3 Å². The van der Waals surface area contributed by atoms with Gasteiger partial charge < -0.3 is 15.2 Å². The second kappa shape index (κ2) is 6.75. The minimum atomic E-state index is -0.688. The number of hydrogen-bond donors (Lipinski definition) is 2. The maximum Gasteiger partial charge on any atom is 0.303 e. The van der Waals surface area contributed by atoms with Crippen molar-refractivity contribution < 1.29 is 14.6 Å². The van der Waals surface area contributed by atoms with Crippen LogP contribution in [0.2, 0.25) is 0 Å². The first-order valence-corrected chi connectivity index (χ1v) is 7.19. The molecule has 1 aliphatic carbocycles. The Morgan fingerprint density at radius 3 is 2.55 bits per heavy atom. The summed E-state index contributed by atoms with van der Waals surface area (Å²) in [4.78, 5) is 10.5. The molecule has 1 aromatic carbocycles. The Balaban J connectivity index is 1.60. The Labute approximate surface area is 120 Å². The topological polar surface area (TPSA) is 58.6 Å². The second-order valence-electron chi connectivity index (χ2n) is 5.76. The molecule has 0 saturated heterocycles. The molecule has 2 rings (SSSR count). The van der Waals surface area contributed by atoms with Gasteiger partial charge in [0.1, 0.15) is 12.4 Å². The third-order valence-corrected chi connectivity index (χ3v) is 3.70. The number of carboxylic acids is 1. The number of ether oxygens (including phenoxy) is 1. The van der Waals surface area contributed by atoms with E-state index in [1.807, 2.05) is 12.1 Å². The molecule has 0 heterocycles. The van der Waals surface area contributed by atoms with Crippen LogP contribution in [-0.2, 0) is 4.79 Å².